The van der Waals surface area contributed by atoms with Gasteiger partial charge in [-0.1, -0.05) is 140 Å². The second-order valence-electron chi connectivity index (χ2n) is 17.7. The number of fused-ring (bicyclic) bond motifs is 9. The highest BCUT2D eigenvalue weighted by molar-refractivity contribution is 6.13. The van der Waals surface area contributed by atoms with Gasteiger partial charge < -0.3 is 9.13 Å². The van der Waals surface area contributed by atoms with Crippen molar-refractivity contribution in [2.24, 2.45) is 0 Å². The summed E-state index contributed by atoms with van der Waals surface area (Å²) in [4.78, 5) is 15.5. The van der Waals surface area contributed by atoms with Gasteiger partial charge in [-0.05, 0) is 119 Å². The molecule has 0 aliphatic carbocycles. The van der Waals surface area contributed by atoms with Crippen LogP contribution in [0.2, 0.25) is 0 Å². The fourth-order valence-corrected chi connectivity index (χ4v) is 10.5. The summed E-state index contributed by atoms with van der Waals surface area (Å²) in [5, 5.41) is 5.87. The Labute approximate surface area is 397 Å². The largest absolute Gasteiger partial charge is 0.309 e. The number of rotatable bonds is 7. The Morgan fingerprint density at radius 2 is 0.696 bits per heavy atom. The lowest BCUT2D eigenvalue weighted by molar-refractivity contribution is 0.990. The molecule has 14 rings (SSSR count). The third-order valence-electron chi connectivity index (χ3n) is 13.8. The number of hydrogen-bond donors (Lipinski definition) is 0. The van der Waals surface area contributed by atoms with Gasteiger partial charge in [-0.25, -0.2) is 15.0 Å². The maximum Gasteiger partial charge on any atom is 0.234 e. The molecule has 5 aromatic heterocycles. The van der Waals surface area contributed by atoms with Crippen LogP contribution in [-0.2, 0) is 0 Å². The van der Waals surface area contributed by atoms with E-state index in [0.717, 1.165) is 94.2 Å². The molecule has 0 saturated heterocycles. The summed E-state index contributed by atoms with van der Waals surface area (Å²) in [6, 6.07) is 82.1. The van der Waals surface area contributed by atoms with E-state index >= 15 is 0 Å². The summed E-state index contributed by atoms with van der Waals surface area (Å²) in [6.45, 7) is 0. The minimum atomic E-state index is 0.618. The predicted octanol–water partition coefficient (Wildman–Crippen LogP) is 15.8. The van der Waals surface area contributed by atoms with Crippen LogP contribution in [-0.4, -0.2) is 28.7 Å². The second-order valence-corrected chi connectivity index (χ2v) is 17.7. The fourth-order valence-electron chi connectivity index (χ4n) is 10.5. The Bertz CT molecular complexity index is 4280. The smallest absolute Gasteiger partial charge is 0.234 e. The standard InChI is InChI=1S/C63H40N6/c1-4-15-41(16-5-1)43-27-32-59-53(36-43)54-38-45(44-28-31-58-52(37-44)50-23-10-12-25-56(50)67(58)48-19-6-2-7-20-48)29-33-60(54)69(59)63-64-39-47(40-65-63)42-17-14-18-46(35-42)55-30-34-61-62(66-55)51-24-11-13-26-57(51)68(61)49-21-8-3-9-22-49/h1-40H. The van der Waals surface area contributed by atoms with Gasteiger partial charge in [-0.2, -0.15) is 0 Å². The summed E-state index contributed by atoms with van der Waals surface area (Å²) < 4.78 is 6.86. The maximum absolute atomic E-state index is 5.29. The van der Waals surface area contributed by atoms with Crippen LogP contribution >= 0.6 is 0 Å². The lowest BCUT2D eigenvalue weighted by Gasteiger charge is -2.10. The average molecular weight is 881 g/mol. The number of para-hydroxylation sites is 4. The van der Waals surface area contributed by atoms with Crippen LogP contribution < -0.4 is 0 Å². The zero-order chi connectivity index (χ0) is 45.4. The predicted molar refractivity (Wildman–Crippen MR) is 285 cm³/mol. The van der Waals surface area contributed by atoms with E-state index in [0.29, 0.717) is 5.95 Å². The monoisotopic (exact) mass is 880 g/mol. The molecule has 0 fully saturated rings. The lowest BCUT2D eigenvalue weighted by atomic mass is 9.99. The summed E-state index contributed by atoms with van der Waals surface area (Å²) >= 11 is 0. The Morgan fingerprint density at radius 3 is 1.33 bits per heavy atom. The van der Waals surface area contributed by atoms with Gasteiger partial charge in [0, 0.05) is 61.8 Å². The van der Waals surface area contributed by atoms with Gasteiger partial charge in [0.1, 0.15) is 0 Å². The molecule has 0 saturated carbocycles. The van der Waals surface area contributed by atoms with Crippen molar-refractivity contribution in [1.82, 2.24) is 28.7 Å². The van der Waals surface area contributed by atoms with Crippen LogP contribution in [0.15, 0.2) is 243 Å². The van der Waals surface area contributed by atoms with Gasteiger partial charge in [0.05, 0.1) is 44.3 Å². The zero-order valence-corrected chi connectivity index (χ0v) is 37.3. The highest BCUT2D eigenvalue weighted by Crippen LogP contribution is 2.40. The molecule has 14 aromatic rings. The van der Waals surface area contributed by atoms with Crippen molar-refractivity contribution >= 4 is 65.5 Å². The number of hydrogen-bond acceptors (Lipinski definition) is 3. The average Bonchev–Trinajstić information content (AvgIpc) is 4.06. The first-order valence-corrected chi connectivity index (χ1v) is 23.3. The highest BCUT2D eigenvalue weighted by atomic mass is 15.1. The minimum Gasteiger partial charge on any atom is -0.309 e. The molecule has 0 radical (unpaired) electrons. The fraction of sp³-hybridized carbons (Fsp3) is 0. The van der Waals surface area contributed by atoms with Gasteiger partial charge >= 0.3 is 0 Å². The molecular formula is C63H40N6. The first-order chi connectivity index (χ1) is 34.2. The van der Waals surface area contributed by atoms with Gasteiger partial charge in [-0.3, -0.25) is 4.57 Å². The van der Waals surface area contributed by atoms with Crippen LogP contribution in [0.5, 0.6) is 0 Å². The molecule has 0 aliphatic rings. The van der Waals surface area contributed by atoms with E-state index in [9.17, 15) is 0 Å². The van der Waals surface area contributed by atoms with Crippen molar-refractivity contribution < 1.29 is 0 Å². The van der Waals surface area contributed by atoms with E-state index in [-0.39, 0.29) is 0 Å². The van der Waals surface area contributed by atoms with E-state index in [4.69, 9.17) is 15.0 Å². The molecule has 322 valence electrons. The van der Waals surface area contributed by atoms with E-state index in [1.807, 2.05) is 12.4 Å². The van der Waals surface area contributed by atoms with Crippen molar-refractivity contribution in [3.05, 3.63) is 243 Å². The second kappa shape index (κ2) is 15.6. The van der Waals surface area contributed by atoms with Crippen molar-refractivity contribution in [3.8, 4) is 62.0 Å². The van der Waals surface area contributed by atoms with Crippen LogP contribution in [0.1, 0.15) is 0 Å². The Balaban J connectivity index is 0.858. The molecule has 0 aliphatic heterocycles. The van der Waals surface area contributed by atoms with E-state index in [2.05, 4.69) is 244 Å². The van der Waals surface area contributed by atoms with Crippen molar-refractivity contribution in [1.29, 1.82) is 0 Å². The molecule has 6 heteroatoms. The van der Waals surface area contributed by atoms with E-state index < -0.39 is 0 Å². The van der Waals surface area contributed by atoms with Crippen LogP contribution in [0.4, 0.5) is 0 Å². The van der Waals surface area contributed by atoms with Gasteiger partial charge in [-0.15, -0.1) is 0 Å². The summed E-state index contributed by atoms with van der Waals surface area (Å²) in [7, 11) is 0. The van der Waals surface area contributed by atoms with E-state index in [1.54, 1.807) is 0 Å². The van der Waals surface area contributed by atoms with Gasteiger partial charge in [0.25, 0.3) is 0 Å². The van der Waals surface area contributed by atoms with Crippen LogP contribution in [0.3, 0.4) is 0 Å². The lowest BCUT2D eigenvalue weighted by Crippen LogP contribution is -2.00. The third kappa shape index (κ3) is 6.30. The Hall–Kier alpha value is -9.39. The quantitative estimate of drug-likeness (QED) is 0.160. The maximum atomic E-state index is 5.29. The Kier molecular flexibility index (Phi) is 8.79. The molecule has 0 atom stereocenters. The first-order valence-electron chi connectivity index (χ1n) is 23.3. The van der Waals surface area contributed by atoms with Crippen LogP contribution in [0, 0.1) is 0 Å². The third-order valence-corrected chi connectivity index (χ3v) is 13.8. The van der Waals surface area contributed by atoms with Crippen LogP contribution in [0.25, 0.3) is 128 Å². The van der Waals surface area contributed by atoms with Gasteiger partial charge in [0.15, 0.2) is 0 Å². The summed E-state index contributed by atoms with van der Waals surface area (Å²) in [6.07, 6.45) is 3.88. The SMILES string of the molecule is c1ccc(-c2ccc3c(c2)c2cc(-c4ccc5c(c4)c4ccccc4n5-c4ccccc4)ccc2n3-c2ncc(-c3cccc(-c4ccc5c(n4)c4ccccc4n5-c4ccccc4)c3)cn2)cc1. The van der Waals surface area contributed by atoms with Gasteiger partial charge in [0.2, 0.25) is 5.95 Å². The first kappa shape index (κ1) is 38.8. The molecule has 0 N–H and O–H groups in total. The minimum absolute atomic E-state index is 0.618. The molecule has 69 heavy (non-hydrogen) atoms. The number of benzene rings is 9. The molecule has 5 heterocycles. The molecule has 6 nitrogen and oxygen atoms in total. The van der Waals surface area contributed by atoms with Crippen molar-refractivity contribution in [2.75, 3.05) is 0 Å². The summed E-state index contributed by atoms with van der Waals surface area (Å²) in [5.41, 5.74) is 18.5. The number of pyridine rings is 1. The Morgan fingerprint density at radius 1 is 0.261 bits per heavy atom. The molecule has 0 amide bonds. The van der Waals surface area contributed by atoms with Crippen molar-refractivity contribution in [3.63, 3.8) is 0 Å². The van der Waals surface area contributed by atoms with E-state index in [1.165, 1.54) is 27.4 Å². The number of aromatic nitrogens is 6. The summed E-state index contributed by atoms with van der Waals surface area (Å²) in [5.74, 6) is 0.618. The normalized spacial score (nSPS) is 11.8. The molecule has 0 unspecified atom stereocenters. The zero-order valence-electron chi connectivity index (χ0n) is 37.3. The molecule has 9 aromatic carbocycles. The molecule has 0 bridgehead atoms. The molecule has 0 spiro atoms. The topological polar surface area (TPSA) is 53.5 Å². The van der Waals surface area contributed by atoms with Crippen molar-refractivity contribution in [2.45, 2.75) is 0 Å². The highest BCUT2D eigenvalue weighted by Gasteiger charge is 2.19. The molecular weight excluding hydrogens is 841 g/mol. The number of nitrogens with zero attached hydrogens (tertiary/aromatic N) is 6.